The Balaban J connectivity index is 1.56. The summed E-state index contributed by atoms with van der Waals surface area (Å²) in [7, 11) is 0. The van der Waals surface area contributed by atoms with Gasteiger partial charge in [-0.3, -0.25) is 4.90 Å². The van der Waals surface area contributed by atoms with Gasteiger partial charge in [0, 0.05) is 41.7 Å². The maximum absolute atomic E-state index is 14.1. The molecule has 0 aliphatic heterocycles. The zero-order valence-electron chi connectivity index (χ0n) is 13.0. The quantitative estimate of drug-likeness (QED) is 0.805. The van der Waals surface area contributed by atoms with Crippen LogP contribution in [-0.2, 0) is 25.9 Å². The first-order valence-corrected chi connectivity index (χ1v) is 8.73. The number of fused-ring (bicyclic) bond motifs is 1. The highest BCUT2D eigenvalue weighted by molar-refractivity contribution is 6.31. The highest BCUT2D eigenvalue weighted by Gasteiger charge is 2.32. The van der Waals surface area contributed by atoms with Crippen LogP contribution in [0.25, 0.3) is 0 Å². The van der Waals surface area contributed by atoms with Gasteiger partial charge < -0.3 is 4.52 Å². The Kier molecular flexibility index (Phi) is 4.12. The third kappa shape index (κ3) is 3.15. The third-order valence-electron chi connectivity index (χ3n) is 4.87. The number of nitrogens with zero attached hydrogens (tertiary/aromatic N) is 2. The fourth-order valence-electron chi connectivity index (χ4n) is 3.41. The lowest BCUT2D eigenvalue weighted by molar-refractivity contribution is 0.233. The molecule has 2 aromatic rings. The van der Waals surface area contributed by atoms with E-state index in [2.05, 4.69) is 10.1 Å². The van der Waals surface area contributed by atoms with Gasteiger partial charge in [0.1, 0.15) is 17.3 Å². The lowest BCUT2D eigenvalue weighted by Crippen LogP contribution is -2.26. The lowest BCUT2D eigenvalue weighted by atomic mass is 9.96. The number of hydrogen-bond acceptors (Lipinski definition) is 3. The predicted molar refractivity (Wildman–Crippen MR) is 86.8 cm³/mol. The number of aromatic nitrogens is 1. The number of rotatable bonds is 5. The molecule has 3 nitrogen and oxygen atoms in total. The topological polar surface area (TPSA) is 29.3 Å². The van der Waals surface area contributed by atoms with Crippen molar-refractivity contribution in [3.8, 4) is 0 Å². The van der Waals surface area contributed by atoms with Crippen LogP contribution in [0.1, 0.15) is 48.3 Å². The Morgan fingerprint density at radius 1 is 1.22 bits per heavy atom. The normalized spacial score (nSPS) is 17.5. The maximum atomic E-state index is 14.1. The molecular formula is C18H20ClFN2O. The van der Waals surface area contributed by atoms with E-state index < -0.39 is 0 Å². The van der Waals surface area contributed by atoms with Gasteiger partial charge in [-0.15, -0.1) is 0 Å². The average Bonchev–Trinajstić information content (AvgIpc) is 3.32. The molecule has 0 amide bonds. The van der Waals surface area contributed by atoms with Crippen molar-refractivity contribution < 1.29 is 8.91 Å². The van der Waals surface area contributed by atoms with E-state index in [9.17, 15) is 4.39 Å². The first-order valence-electron chi connectivity index (χ1n) is 8.35. The Bertz CT molecular complexity index is 691. The smallest absolute Gasteiger partial charge is 0.140 e. The van der Waals surface area contributed by atoms with E-state index in [1.165, 1.54) is 24.5 Å². The van der Waals surface area contributed by atoms with Crippen LogP contribution in [0.3, 0.4) is 0 Å². The number of halogens is 2. The monoisotopic (exact) mass is 334 g/mol. The van der Waals surface area contributed by atoms with Crippen molar-refractivity contribution >= 4 is 11.6 Å². The largest absolute Gasteiger partial charge is 0.361 e. The summed E-state index contributed by atoms with van der Waals surface area (Å²) in [6.07, 6.45) is 6.73. The first-order chi connectivity index (χ1) is 11.2. The summed E-state index contributed by atoms with van der Waals surface area (Å²) in [5.41, 5.74) is 2.89. The molecule has 1 aromatic carbocycles. The van der Waals surface area contributed by atoms with Crippen molar-refractivity contribution in [3.63, 3.8) is 0 Å². The molecule has 0 saturated heterocycles. The van der Waals surface area contributed by atoms with E-state index in [1.807, 2.05) is 0 Å². The fraction of sp³-hybridized carbons (Fsp3) is 0.500. The summed E-state index contributed by atoms with van der Waals surface area (Å²) in [5.74, 6) is 0.816. The van der Waals surface area contributed by atoms with E-state index in [0.717, 1.165) is 37.1 Å². The average molecular weight is 335 g/mol. The summed E-state index contributed by atoms with van der Waals surface area (Å²) >= 11 is 6.20. The number of aryl methyl sites for hydroxylation is 1. The molecule has 0 unspecified atom stereocenters. The Hall–Kier alpha value is -1.39. The minimum absolute atomic E-state index is 0.231. The van der Waals surface area contributed by atoms with Crippen LogP contribution in [0.2, 0.25) is 5.02 Å². The molecule has 5 heteroatoms. The van der Waals surface area contributed by atoms with Crippen molar-refractivity contribution in [1.29, 1.82) is 0 Å². The van der Waals surface area contributed by atoms with E-state index >= 15 is 0 Å². The van der Waals surface area contributed by atoms with Crippen molar-refractivity contribution in [2.75, 3.05) is 0 Å². The number of benzene rings is 1. The highest BCUT2D eigenvalue weighted by atomic mass is 35.5. The second-order valence-corrected chi connectivity index (χ2v) is 6.98. The molecule has 0 N–H and O–H groups in total. The molecule has 0 radical (unpaired) electrons. The zero-order valence-corrected chi connectivity index (χ0v) is 13.8. The van der Waals surface area contributed by atoms with Crippen LogP contribution in [-0.4, -0.2) is 16.1 Å². The lowest BCUT2D eigenvalue weighted by Gasteiger charge is -2.22. The van der Waals surface area contributed by atoms with Crippen LogP contribution in [0.15, 0.2) is 22.7 Å². The van der Waals surface area contributed by atoms with Crippen LogP contribution in [0.4, 0.5) is 4.39 Å². The third-order valence-corrected chi connectivity index (χ3v) is 5.22. The summed E-state index contributed by atoms with van der Waals surface area (Å²) < 4.78 is 19.6. The minimum Gasteiger partial charge on any atom is -0.361 e. The fourth-order valence-corrected chi connectivity index (χ4v) is 3.63. The van der Waals surface area contributed by atoms with Crippen molar-refractivity contribution in [3.05, 3.63) is 51.6 Å². The summed E-state index contributed by atoms with van der Waals surface area (Å²) in [6, 6.07) is 5.38. The molecule has 1 saturated carbocycles. The van der Waals surface area contributed by atoms with Gasteiger partial charge in [0.2, 0.25) is 0 Å². The first kappa shape index (κ1) is 15.2. The summed E-state index contributed by atoms with van der Waals surface area (Å²) in [5, 5.41) is 4.79. The number of hydrogen-bond donors (Lipinski definition) is 0. The van der Waals surface area contributed by atoms with Gasteiger partial charge in [-0.1, -0.05) is 22.8 Å². The molecule has 1 heterocycles. The Morgan fingerprint density at radius 2 is 2.04 bits per heavy atom. The van der Waals surface area contributed by atoms with Gasteiger partial charge in [-0.05, 0) is 44.2 Å². The van der Waals surface area contributed by atoms with Crippen molar-refractivity contribution in [1.82, 2.24) is 10.1 Å². The molecular weight excluding hydrogens is 315 g/mol. The molecule has 1 fully saturated rings. The Labute approximate surface area is 140 Å². The second-order valence-electron chi connectivity index (χ2n) is 6.57. The standard InChI is InChI=1S/C18H20ClFN2O/c19-15-5-3-6-16(20)14(15)10-22(12-8-9-12)11-17-13-4-1-2-7-18(13)23-21-17/h3,5-6,12H,1-2,4,7-11H2. The highest BCUT2D eigenvalue weighted by Crippen LogP contribution is 2.33. The van der Waals surface area contributed by atoms with E-state index in [0.29, 0.717) is 29.7 Å². The molecule has 23 heavy (non-hydrogen) atoms. The van der Waals surface area contributed by atoms with E-state index in [1.54, 1.807) is 12.1 Å². The molecule has 2 aliphatic carbocycles. The van der Waals surface area contributed by atoms with Gasteiger partial charge in [0.05, 0.1) is 0 Å². The Morgan fingerprint density at radius 3 is 2.83 bits per heavy atom. The van der Waals surface area contributed by atoms with Crippen molar-refractivity contribution in [2.24, 2.45) is 0 Å². The molecule has 1 aromatic heterocycles. The van der Waals surface area contributed by atoms with Gasteiger partial charge in [-0.2, -0.15) is 0 Å². The molecule has 2 aliphatic rings. The SMILES string of the molecule is Fc1cccc(Cl)c1CN(Cc1noc2c1CCCC2)C1CC1. The molecule has 122 valence electrons. The maximum Gasteiger partial charge on any atom is 0.140 e. The predicted octanol–water partition coefficient (Wildman–Crippen LogP) is 4.51. The molecule has 4 rings (SSSR count). The van der Waals surface area contributed by atoms with Gasteiger partial charge in [0.15, 0.2) is 0 Å². The molecule has 0 atom stereocenters. The van der Waals surface area contributed by atoms with Crippen LogP contribution >= 0.6 is 11.6 Å². The van der Waals surface area contributed by atoms with Gasteiger partial charge in [-0.25, -0.2) is 4.39 Å². The van der Waals surface area contributed by atoms with E-state index in [4.69, 9.17) is 16.1 Å². The summed E-state index contributed by atoms with van der Waals surface area (Å²) in [6.45, 7) is 1.24. The van der Waals surface area contributed by atoms with Crippen LogP contribution < -0.4 is 0 Å². The second kappa shape index (κ2) is 6.25. The van der Waals surface area contributed by atoms with Gasteiger partial charge in [0.25, 0.3) is 0 Å². The molecule has 0 bridgehead atoms. The van der Waals surface area contributed by atoms with Crippen molar-refractivity contribution in [2.45, 2.75) is 57.7 Å². The van der Waals surface area contributed by atoms with Crippen LogP contribution in [0.5, 0.6) is 0 Å². The summed E-state index contributed by atoms with van der Waals surface area (Å²) in [4.78, 5) is 2.29. The minimum atomic E-state index is -0.231. The van der Waals surface area contributed by atoms with Gasteiger partial charge >= 0.3 is 0 Å². The van der Waals surface area contributed by atoms with Crippen LogP contribution in [0, 0.1) is 5.82 Å². The molecule has 0 spiro atoms. The van der Waals surface area contributed by atoms with E-state index in [-0.39, 0.29) is 5.82 Å². The zero-order chi connectivity index (χ0) is 15.8.